The largest absolute Gasteiger partial charge is 0.331 e. The molecule has 32 heavy (non-hydrogen) atoms. The highest BCUT2D eigenvalue weighted by Crippen LogP contribution is 2.27. The first-order chi connectivity index (χ1) is 15.3. The van der Waals surface area contributed by atoms with Crippen LogP contribution >= 0.6 is 22.9 Å². The lowest BCUT2D eigenvalue weighted by Crippen LogP contribution is -2.30. The Morgan fingerprint density at radius 2 is 1.88 bits per heavy atom. The molecule has 0 aliphatic carbocycles. The van der Waals surface area contributed by atoms with Crippen molar-refractivity contribution in [3.05, 3.63) is 70.2 Å². The van der Waals surface area contributed by atoms with E-state index in [0.717, 1.165) is 5.69 Å². The van der Waals surface area contributed by atoms with Crippen LogP contribution in [-0.2, 0) is 10.0 Å². The third-order valence-corrected chi connectivity index (χ3v) is 7.77. The zero-order valence-corrected chi connectivity index (χ0v) is 19.8. The van der Waals surface area contributed by atoms with Crippen LogP contribution in [0.2, 0.25) is 5.15 Å². The zero-order chi connectivity index (χ0) is 23.1. The lowest BCUT2D eigenvalue weighted by Gasteiger charge is -2.18. The van der Waals surface area contributed by atoms with E-state index in [0.29, 0.717) is 23.1 Å². The smallest absolute Gasteiger partial charge is 0.271 e. The molecule has 2 aromatic carbocycles. The van der Waals surface area contributed by atoms with E-state index in [1.165, 1.54) is 46.1 Å². The highest BCUT2D eigenvalue weighted by Gasteiger charge is 2.22. The number of aromatic nitrogens is 1. The van der Waals surface area contributed by atoms with Crippen LogP contribution in [0.15, 0.2) is 64.6 Å². The van der Waals surface area contributed by atoms with Gasteiger partial charge in [-0.15, -0.1) is 0 Å². The van der Waals surface area contributed by atoms with E-state index in [1.807, 2.05) is 30.3 Å². The number of nitrogens with one attached hydrogen (secondary N) is 2. The summed E-state index contributed by atoms with van der Waals surface area (Å²) in [6.07, 6.45) is 1.39. The van der Waals surface area contributed by atoms with E-state index < -0.39 is 15.9 Å². The molecule has 8 nitrogen and oxygen atoms in total. The van der Waals surface area contributed by atoms with Crippen LogP contribution in [0.5, 0.6) is 0 Å². The number of nitrogens with zero attached hydrogens (tertiary/aromatic N) is 3. The second kappa shape index (κ2) is 10.7. The summed E-state index contributed by atoms with van der Waals surface area (Å²) in [6, 6.07) is 15.4. The average molecular weight is 492 g/mol. The average Bonchev–Trinajstić information content (AvgIpc) is 3.13. The molecule has 1 amide bonds. The van der Waals surface area contributed by atoms with Crippen molar-refractivity contribution in [3.8, 4) is 0 Å². The van der Waals surface area contributed by atoms with Crippen LogP contribution in [0.3, 0.4) is 0 Å². The first kappa shape index (κ1) is 23.9. The molecule has 2 N–H and O–H groups in total. The highest BCUT2D eigenvalue weighted by molar-refractivity contribution is 7.89. The minimum Gasteiger partial charge on any atom is -0.331 e. The minimum atomic E-state index is -3.67. The molecule has 1 heterocycles. The van der Waals surface area contributed by atoms with E-state index in [4.69, 9.17) is 11.6 Å². The fourth-order valence-electron chi connectivity index (χ4n) is 2.82. The molecule has 1 aromatic heterocycles. The number of hydrazone groups is 1. The number of anilines is 2. The van der Waals surface area contributed by atoms with Crippen molar-refractivity contribution in [1.29, 1.82) is 0 Å². The number of thiazole rings is 1. The standard InChI is InChI=1S/C21H22ClN5O3S2/c1-3-27(4-2)32(29,30)17-12-8-9-15(13-17)20(28)26-23-14-18-19(22)25-21(31-18)24-16-10-6-5-7-11-16/h5-14H,3-4H2,1-2H3,(H,24,25)(H,26,28). The molecule has 0 radical (unpaired) electrons. The van der Waals surface area contributed by atoms with Gasteiger partial charge in [0.15, 0.2) is 10.3 Å². The number of para-hydroxylation sites is 1. The third kappa shape index (κ3) is 5.71. The molecule has 3 aromatic rings. The van der Waals surface area contributed by atoms with Gasteiger partial charge in [0.05, 0.1) is 16.0 Å². The van der Waals surface area contributed by atoms with Crippen LogP contribution in [0.4, 0.5) is 10.8 Å². The van der Waals surface area contributed by atoms with E-state index in [2.05, 4.69) is 20.8 Å². The van der Waals surface area contributed by atoms with Crippen molar-refractivity contribution in [2.24, 2.45) is 5.10 Å². The number of hydrogen-bond donors (Lipinski definition) is 2. The number of carbonyl (C=O) groups is 1. The summed E-state index contributed by atoms with van der Waals surface area (Å²) in [6.45, 7) is 4.21. The number of amides is 1. The van der Waals surface area contributed by atoms with E-state index in [-0.39, 0.29) is 15.6 Å². The summed E-state index contributed by atoms with van der Waals surface area (Å²) in [7, 11) is -3.67. The molecule has 168 valence electrons. The second-order valence-electron chi connectivity index (χ2n) is 6.48. The quantitative estimate of drug-likeness (QED) is 0.342. The molecule has 0 aliphatic rings. The van der Waals surface area contributed by atoms with Crippen molar-refractivity contribution in [2.75, 3.05) is 18.4 Å². The van der Waals surface area contributed by atoms with Gasteiger partial charge in [0, 0.05) is 24.3 Å². The maximum absolute atomic E-state index is 12.7. The zero-order valence-electron chi connectivity index (χ0n) is 17.4. The molecule has 0 bridgehead atoms. The Balaban J connectivity index is 1.69. The molecular formula is C21H22ClN5O3S2. The number of benzene rings is 2. The van der Waals surface area contributed by atoms with E-state index >= 15 is 0 Å². The predicted octanol–water partition coefficient (Wildman–Crippen LogP) is 4.33. The van der Waals surface area contributed by atoms with Crippen molar-refractivity contribution in [2.45, 2.75) is 18.7 Å². The van der Waals surface area contributed by atoms with Gasteiger partial charge in [0.1, 0.15) is 0 Å². The highest BCUT2D eigenvalue weighted by atomic mass is 35.5. The number of sulfonamides is 1. The van der Waals surface area contributed by atoms with Gasteiger partial charge >= 0.3 is 0 Å². The Morgan fingerprint density at radius 1 is 1.16 bits per heavy atom. The normalized spacial score (nSPS) is 11.8. The summed E-state index contributed by atoms with van der Waals surface area (Å²) in [4.78, 5) is 17.3. The van der Waals surface area contributed by atoms with Gasteiger partial charge in [0.2, 0.25) is 10.0 Å². The Kier molecular flexibility index (Phi) is 7.97. The van der Waals surface area contributed by atoms with Crippen molar-refractivity contribution in [1.82, 2.24) is 14.7 Å². The third-order valence-electron chi connectivity index (χ3n) is 4.42. The lowest BCUT2D eigenvalue weighted by molar-refractivity contribution is 0.0955. The van der Waals surface area contributed by atoms with E-state index in [1.54, 1.807) is 13.8 Å². The summed E-state index contributed by atoms with van der Waals surface area (Å²) in [5, 5.41) is 7.91. The van der Waals surface area contributed by atoms with Gasteiger partial charge in [-0.3, -0.25) is 4.79 Å². The number of carbonyl (C=O) groups excluding carboxylic acids is 1. The van der Waals surface area contributed by atoms with Crippen LogP contribution in [0, 0.1) is 0 Å². The minimum absolute atomic E-state index is 0.0555. The topological polar surface area (TPSA) is 104 Å². The molecular weight excluding hydrogens is 470 g/mol. The van der Waals surface area contributed by atoms with Gasteiger partial charge < -0.3 is 5.32 Å². The lowest BCUT2D eigenvalue weighted by atomic mass is 10.2. The summed E-state index contributed by atoms with van der Waals surface area (Å²) < 4.78 is 26.7. The summed E-state index contributed by atoms with van der Waals surface area (Å²) in [5.41, 5.74) is 3.44. The molecule has 0 aliphatic heterocycles. The first-order valence-electron chi connectivity index (χ1n) is 9.77. The van der Waals surface area contributed by atoms with Crippen LogP contribution in [-0.4, -0.2) is 42.9 Å². The second-order valence-corrected chi connectivity index (χ2v) is 9.81. The molecule has 0 fully saturated rings. The molecule has 0 atom stereocenters. The SMILES string of the molecule is CCN(CC)S(=O)(=O)c1cccc(C(=O)NN=Cc2sc(Nc3ccccc3)nc2Cl)c1. The number of rotatable bonds is 9. The maximum Gasteiger partial charge on any atom is 0.271 e. The molecule has 0 spiro atoms. The Morgan fingerprint density at radius 3 is 2.56 bits per heavy atom. The number of halogens is 1. The van der Waals surface area contributed by atoms with Gasteiger partial charge in [-0.25, -0.2) is 18.8 Å². The first-order valence-corrected chi connectivity index (χ1v) is 12.4. The van der Waals surface area contributed by atoms with Gasteiger partial charge in [-0.05, 0) is 30.3 Å². The van der Waals surface area contributed by atoms with Gasteiger partial charge in [-0.1, -0.05) is 61.1 Å². The molecule has 3 rings (SSSR count). The maximum atomic E-state index is 12.7. The molecule has 0 saturated carbocycles. The molecule has 0 unspecified atom stereocenters. The Labute approximate surface area is 196 Å². The van der Waals surface area contributed by atoms with Crippen LogP contribution < -0.4 is 10.7 Å². The molecule has 0 saturated heterocycles. The Hall–Kier alpha value is -2.79. The Bertz CT molecular complexity index is 1210. The summed E-state index contributed by atoms with van der Waals surface area (Å²) >= 11 is 7.43. The fourth-order valence-corrected chi connectivity index (χ4v) is 5.37. The van der Waals surface area contributed by atoms with Crippen molar-refractivity contribution in [3.63, 3.8) is 0 Å². The fraction of sp³-hybridized carbons (Fsp3) is 0.190. The monoisotopic (exact) mass is 491 g/mol. The number of hydrogen-bond acceptors (Lipinski definition) is 7. The predicted molar refractivity (Wildman–Crippen MR) is 128 cm³/mol. The van der Waals surface area contributed by atoms with E-state index in [9.17, 15) is 13.2 Å². The van der Waals surface area contributed by atoms with Crippen LogP contribution in [0.25, 0.3) is 0 Å². The van der Waals surface area contributed by atoms with Crippen molar-refractivity contribution < 1.29 is 13.2 Å². The van der Waals surface area contributed by atoms with Gasteiger partial charge in [-0.2, -0.15) is 9.41 Å². The summed E-state index contributed by atoms with van der Waals surface area (Å²) in [5.74, 6) is -0.541. The van der Waals surface area contributed by atoms with Crippen LogP contribution in [0.1, 0.15) is 29.1 Å². The van der Waals surface area contributed by atoms with Crippen molar-refractivity contribution >= 4 is 55.9 Å². The molecule has 11 heteroatoms. The van der Waals surface area contributed by atoms with Gasteiger partial charge in [0.25, 0.3) is 5.91 Å².